The summed E-state index contributed by atoms with van der Waals surface area (Å²) in [6.45, 7) is 1.43. The van der Waals surface area contributed by atoms with Crippen LogP contribution in [-0.2, 0) is 19.2 Å². The maximum atomic E-state index is 12.2. The fraction of sp³-hybridized carbons (Fsp3) is 0.375. The molecule has 0 atom stereocenters. The van der Waals surface area contributed by atoms with Crippen LogP contribution >= 0.6 is 0 Å². The number of fused-ring (bicyclic) bond motifs is 1. The van der Waals surface area contributed by atoms with Gasteiger partial charge >= 0.3 is 11.8 Å². The van der Waals surface area contributed by atoms with E-state index in [0.717, 1.165) is 6.41 Å². The van der Waals surface area contributed by atoms with Crippen LogP contribution in [0.4, 0.5) is 11.4 Å². The van der Waals surface area contributed by atoms with Crippen LogP contribution in [0.15, 0.2) is 18.2 Å². The standard InChI is InChI=1S/C16H18N4O5/c1-18-12-8-11(2-3-13(12)25-9-14(18)22)17-15(23)16(24)20-6-4-19(10-21)5-7-20/h2-3,8,10H,4-7,9H2,1H3,(H,17,23). The molecule has 1 saturated heterocycles. The number of nitrogens with zero attached hydrogens (tertiary/aromatic N) is 3. The Kier molecular flexibility index (Phi) is 4.55. The first-order valence-electron chi connectivity index (χ1n) is 7.82. The lowest BCUT2D eigenvalue weighted by molar-refractivity contribution is -0.144. The molecule has 1 aromatic rings. The van der Waals surface area contributed by atoms with E-state index in [0.29, 0.717) is 43.3 Å². The number of ether oxygens (including phenoxy) is 1. The molecule has 25 heavy (non-hydrogen) atoms. The lowest BCUT2D eigenvalue weighted by atomic mass is 10.2. The number of hydrogen-bond acceptors (Lipinski definition) is 5. The maximum absolute atomic E-state index is 12.2. The van der Waals surface area contributed by atoms with Crippen molar-refractivity contribution in [1.82, 2.24) is 9.80 Å². The Morgan fingerprint density at radius 2 is 1.92 bits per heavy atom. The maximum Gasteiger partial charge on any atom is 0.313 e. The molecule has 0 aromatic heterocycles. The van der Waals surface area contributed by atoms with Gasteiger partial charge in [-0.25, -0.2) is 0 Å². The fourth-order valence-electron chi connectivity index (χ4n) is 2.71. The van der Waals surface area contributed by atoms with Crippen LogP contribution in [0.2, 0.25) is 0 Å². The minimum Gasteiger partial charge on any atom is -0.482 e. The first-order valence-corrected chi connectivity index (χ1v) is 7.82. The number of likely N-dealkylation sites (N-methyl/N-ethyl adjacent to an activating group) is 1. The summed E-state index contributed by atoms with van der Waals surface area (Å²) in [5.74, 6) is -1.06. The molecule has 9 nitrogen and oxygen atoms in total. The van der Waals surface area contributed by atoms with Crippen LogP contribution in [0.3, 0.4) is 0 Å². The molecular formula is C16H18N4O5. The van der Waals surface area contributed by atoms with Gasteiger partial charge in [0.2, 0.25) is 6.41 Å². The van der Waals surface area contributed by atoms with Crippen molar-refractivity contribution in [3.63, 3.8) is 0 Å². The van der Waals surface area contributed by atoms with Gasteiger partial charge in [0.15, 0.2) is 6.61 Å². The van der Waals surface area contributed by atoms with Crippen LogP contribution in [0.1, 0.15) is 0 Å². The summed E-state index contributed by atoms with van der Waals surface area (Å²) in [6, 6.07) is 4.83. The van der Waals surface area contributed by atoms with Crippen molar-refractivity contribution in [2.24, 2.45) is 0 Å². The van der Waals surface area contributed by atoms with Crippen LogP contribution in [0, 0.1) is 0 Å². The van der Waals surface area contributed by atoms with Gasteiger partial charge < -0.3 is 24.8 Å². The van der Waals surface area contributed by atoms with Crippen LogP contribution in [0.5, 0.6) is 5.75 Å². The van der Waals surface area contributed by atoms with Crippen molar-refractivity contribution in [2.45, 2.75) is 0 Å². The number of anilines is 2. The summed E-state index contributed by atoms with van der Waals surface area (Å²) in [5.41, 5.74) is 0.926. The van der Waals surface area contributed by atoms with Crippen LogP contribution < -0.4 is 15.0 Å². The van der Waals surface area contributed by atoms with Gasteiger partial charge in [0.1, 0.15) is 5.75 Å². The molecule has 0 bridgehead atoms. The topological polar surface area (TPSA) is 99.3 Å². The highest BCUT2D eigenvalue weighted by Gasteiger charge is 2.27. The third-order valence-electron chi connectivity index (χ3n) is 4.25. The van der Waals surface area contributed by atoms with Crippen molar-refractivity contribution < 1.29 is 23.9 Å². The zero-order valence-electron chi connectivity index (χ0n) is 13.7. The minimum absolute atomic E-state index is 0.0273. The van der Waals surface area contributed by atoms with Crippen LogP contribution in [0.25, 0.3) is 0 Å². The molecule has 1 fully saturated rings. The molecule has 1 aromatic carbocycles. The van der Waals surface area contributed by atoms with E-state index in [9.17, 15) is 19.2 Å². The second-order valence-electron chi connectivity index (χ2n) is 5.81. The highest BCUT2D eigenvalue weighted by atomic mass is 16.5. The van der Waals surface area contributed by atoms with E-state index in [1.165, 1.54) is 9.80 Å². The van der Waals surface area contributed by atoms with Gasteiger partial charge in [-0.2, -0.15) is 0 Å². The predicted molar refractivity (Wildman–Crippen MR) is 88.2 cm³/mol. The number of carbonyl (C=O) groups is 4. The largest absolute Gasteiger partial charge is 0.482 e. The van der Waals surface area contributed by atoms with E-state index in [1.807, 2.05) is 0 Å². The molecule has 0 unspecified atom stereocenters. The Bertz CT molecular complexity index is 727. The number of benzene rings is 1. The summed E-state index contributed by atoms with van der Waals surface area (Å²) >= 11 is 0. The molecule has 0 aliphatic carbocycles. The minimum atomic E-state index is -0.759. The van der Waals surface area contributed by atoms with E-state index < -0.39 is 11.8 Å². The predicted octanol–water partition coefficient (Wildman–Crippen LogP) is -0.719. The van der Waals surface area contributed by atoms with Gasteiger partial charge in [0, 0.05) is 38.9 Å². The zero-order valence-corrected chi connectivity index (χ0v) is 13.7. The fourth-order valence-corrected chi connectivity index (χ4v) is 2.71. The number of carbonyl (C=O) groups excluding carboxylic acids is 4. The first kappa shape index (κ1) is 16.7. The second-order valence-corrected chi connectivity index (χ2v) is 5.81. The molecule has 2 aliphatic rings. The number of piperazine rings is 1. The van der Waals surface area contributed by atoms with E-state index in [4.69, 9.17) is 4.74 Å². The quantitative estimate of drug-likeness (QED) is 0.563. The Morgan fingerprint density at radius 1 is 1.20 bits per heavy atom. The molecular weight excluding hydrogens is 328 g/mol. The lowest BCUT2D eigenvalue weighted by Crippen LogP contribution is -2.51. The normalized spacial score (nSPS) is 16.8. The van der Waals surface area contributed by atoms with Gasteiger partial charge in [-0.05, 0) is 18.2 Å². The van der Waals surface area contributed by atoms with Crippen molar-refractivity contribution in [3.8, 4) is 5.75 Å². The molecule has 2 aliphatic heterocycles. The zero-order chi connectivity index (χ0) is 18.0. The van der Waals surface area contributed by atoms with Gasteiger partial charge in [-0.15, -0.1) is 0 Å². The van der Waals surface area contributed by atoms with E-state index in [-0.39, 0.29) is 12.5 Å². The molecule has 0 spiro atoms. The highest BCUT2D eigenvalue weighted by molar-refractivity contribution is 6.39. The van der Waals surface area contributed by atoms with Crippen molar-refractivity contribution >= 4 is 35.5 Å². The van der Waals surface area contributed by atoms with Gasteiger partial charge in [0.05, 0.1) is 5.69 Å². The average Bonchev–Trinajstić information content (AvgIpc) is 2.64. The van der Waals surface area contributed by atoms with Crippen LogP contribution in [-0.4, -0.2) is 73.8 Å². The summed E-state index contributed by atoms with van der Waals surface area (Å²) in [4.78, 5) is 51.2. The Hall–Kier alpha value is -3.10. The summed E-state index contributed by atoms with van der Waals surface area (Å²) in [6.07, 6.45) is 0.731. The Labute approximate surface area is 144 Å². The smallest absolute Gasteiger partial charge is 0.313 e. The number of nitrogens with one attached hydrogen (secondary N) is 1. The summed E-state index contributed by atoms with van der Waals surface area (Å²) < 4.78 is 5.32. The third kappa shape index (κ3) is 3.39. The molecule has 9 heteroatoms. The first-order chi connectivity index (χ1) is 12.0. The van der Waals surface area contributed by atoms with Crippen molar-refractivity contribution in [1.29, 1.82) is 0 Å². The average molecular weight is 346 g/mol. The number of amides is 4. The monoisotopic (exact) mass is 346 g/mol. The summed E-state index contributed by atoms with van der Waals surface area (Å²) in [7, 11) is 1.62. The van der Waals surface area contributed by atoms with E-state index >= 15 is 0 Å². The van der Waals surface area contributed by atoms with Crippen molar-refractivity contribution in [2.75, 3.05) is 50.1 Å². The SMILES string of the molecule is CN1C(=O)COc2ccc(NC(=O)C(=O)N3CCN(C=O)CC3)cc21. The molecule has 3 rings (SSSR count). The van der Waals surface area contributed by atoms with E-state index in [2.05, 4.69) is 5.32 Å². The van der Waals surface area contributed by atoms with Gasteiger partial charge in [0.25, 0.3) is 5.91 Å². The van der Waals surface area contributed by atoms with Gasteiger partial charge in [-0.1, -0.05) is 0 Å². The second kappa shape index (κ2) is 6.80. The van der Waals surface area contributed by atoms with Crippen molar-refractivity contribution in [3.05, 3.63) is 18.2 Å². The van der Waals surface area contributed by atoms with E-state index in [1.54, 1.807) is 30.1 Å². The molecule has 132 valence electrons. The molecule has 2 heterocycles. The molecule has 1 N–H and O–H groups in total. The Balaban J connectivity index is 1.66. The summed E-state index contributed by atoms with van der Waals surface area (Å²) in [5, 5.41) is 2.54. The molecule has 4 amide bonds. The molecule has 0 radical (unpaired) electrons. The third-order valence-corrected chi connectivity index (χ3v) is 4.25. The molecule has 0 saturated carbocycles. The lowest BCUT2D eigenvalue weighted by Gasteiger charge is -2.32. The van der Waals surface area contributed by atoms with Gasteiger partial charge in [-0.3, -0.25) is 19.2 Å². The number of rotatable bonds is 2. The number of hydrogen-bond donors (Lipinski definition) is 1. The highest BCUT2D eigenvalue weighted by Crippen LogP contribution is 2.33. The Morgan fingerprint density at radius 3 is 2.60 bits per heavy atom.